The molecule has 5 heteroatoms. The Morgan fingerprint density at radius 1 is 1.11 bits per heavy atom. The third kappa shape index (κ3) is 4.69. The zero-order chi connectivity index (χ0) is 19.3. The number of ether oxygens (including phenoxy) is 1. The van der Waals surface area contributed by atoms with Gasteiger partial charge in [0.15, 0.2) is 0 Å². The van der Waals surface area contributed by atoms with E-state index in [0.29, 0.717) is 12.5 Å². The lowest BCUT2D eigenvalue weighted by atomic mass is 9.93. The summed E-state index contributed by atoms with van der Waals surface area (Å²) in [6.07, 6.45) is 9.22. The Kier molecular flexibility index (Phi) is 6.53. The van der Waals surface area contributed by atoms with Crippen LogP contribution in [0.4, 0.5) is 5.69 Å². The molecule has 1 saturated carbocycles. The number of hydrogen-bond donors (Lipinski definition) is 1. The predicted octanol–water partition coefficient (Wildman–Crippen LogP) is 3.58. The Morgan fingerprint density at radius 2 is 1.93 bits per heavy atom. The zero-order valence-corrected chi connectivity index (χ0v) is 17.2. The van der Waals surface area contributed by atoms with Crippen molar-refractivity contribution in [3.63, 3.8) is 0 Å². The van der Waals surface area contributed by atoms with Gasteiger partial charge in [0.05, 0.1) is 6.61 Å². The standard InChI is InChI=1S/C23H35N3O2/c1-18-5-3-14-25(18)15-4-16-28-22-11-8-20(9-12-22)26-21(10-13-23(26)27)17-24-19-6-2-7-19/h8-9,11-12,18-19,21,24H,2-7,10,13-17H2,1H3/t18?,21-/m0/s1. The van der Waals surface area contributed by atoms with E-state index in [2.05, 4.69) is 17.1 Å². The van der Waals surface area contributed by atoms with Crippen LogP contribution in [-0.4, -0.2) is 55.2 Å². The van der Waals surface area contributed by atoms with Crippen LogP contribution in [0.25, 0.3) is 0 Å². The molecule has 2 heterocycles. The van der Waals surface area contributed by atoms with E-state index in [1.54, 1.807) is 0 Å². The third-order valence-corrected chi connectivity index (χ3v) is 6.74. The number of benzene rings is 1. The fraction of sp³-hybridized carbons (Fsp3) is 0.696. The number of rotatable bonds is 9. The van der Waals surface area contributed by atoms with Crippen LogP contribution < -0.4 is 15.0 Å². The molecule has 2 saturated heterocycles. The molecule has 2 aliphatic heterocycles. The summed E-state index contributed by atoms with van der Waals surface area (Å²) in [6, 6.07) is 9.77. The van der Waals surface area contributed by atoms with Crippen molar-refractivity contribution in [2.45, 2.75) is 76.4 Å². The molecule has 5 nitrogen and oxygen atoms in total. The van der Waals surface area contributed by atoms with Crippen molar-refractivity contribution in [3.05, 3.63) is 24.3 Å². The zero-order valence-electron chi connectivity index (χ0n) is 17.2. The van der Waals surface area contributed by atoms with Crippen molar-refractivity contribution in [2.24, 2.45) is 0 Å². The lowest BCUT2D eigenvalue weighted by Gasteiger charge is -2.31. The second-order valence-electron chi connectivity index (χ2n) is 8.72. The Hall–Kier alpha value is -1.59. The first-order valence-electron chi connectivity index (χ1n) is 11.2. The number of carbonyl (C=O) groups is 1. The van der Waals surface area contributed by atoms with Crippen molar-refractivity contribution in [1.29, 1.82) is 0 Å². The minimum atomic E-state index is 0.244. The average molecular weight is 386 g/mol. The number of carbonyl (C=O) groups excluding carboxylic acids is 1. The summed E-state index contributed by atoms with van der Waals surface area (Å²) in [4.78, 5) is 17.0. The van der Waals surface area contributed by atoms with Crippen molar-refractivity contribution >= 4 is 11.6 Å². The van der Waals surface area contributed by atoms with Crippen LogP contribution in [0, 0.1) is 0 Å². The summed E-state index contributed by atoms with van der Waals surface area (Å²) in [6.45, 7) is 6.33. The summed E-state index contributed by atoms with van der Waals surface area (Å²) in [5.41, 5.74) is 1.00. The summed E-state index contributed by atoms with van der Waals surface area (Å²) in [5, 5.41) is 3.63. The highest BCUT2D eigenvalue weighted by Crippen LogP contribution is 2.29. The maximum Gasteiger partial charge on any atom is 0.227 e. The molecule has 0 radical (unpaired) electrons. The lowest BCUT2D eigenvalue weighted by Crippen LogP contribution is -2.45. The molecule has 1 aromatic rings. The van der Waals surface area contributed by atoms with Gasteiger partial charge < -0.3 is 19.9 Å². The molecule has 0 bridgehead atoms. The van der Waals surface area contributed by atoms with Crippen LogP contribution in [0.3, 0.4) is 0 Å². The van der Waals surface area contributed by atoms with Gasteiger partial charge in [-0.25, -0.2) is 0 Å². The monoisotopic (exact) mass is 385 g/mol. The molecular weight excluding hydrogens is 350 g/mol. The molecule has 1 unspecified atom stereocenters. The molecule has 154 valence electrons. The Morgan fingerprint density at radius 3 is 2.61 bits per heavy atom. The van der Waals surface area contributed by atoms with Crippen molar-refractivity contribution < 1.29 is 9.53 Å². The van der Waals surface area contributed by atoms with E-state index in [4.69, 9.17) is 4.74 Å². The van der Waals surface area contributed by atoms with E-state index in [-0.39, 0.29) is 11.9 Å². The topological polar surface area (TPSA) is 44.8 Å². The summed E-state index contributed by atoms with van der Waals surface area (Å²) >= 11 is 0. The van der Waals surface area contributed by atoms with Crippen molar-refractivity contribution in [2.75, 3.05) is 31.1 Å². The van der Waals surface area contributed by atoms with E-state index < -0.39 is 0 Å². The van der Waals surface area contributed by atoms with Crippen molar-refractivity contribution in [1.82, 2.24) is 10.2 Å². The van der Waals surface area contributed by atoms with Gasteiger partial charge in [-0.2, -0.15) is 0 Å². The Labute approximate surface area is 169 Å². The first-order valence-corrected chi connectivity index (χ1v) is 11.2. The number of nitrogens with one attached hydrogen (secondary N) is 1. The molecule has 1 amide bonds. The molecular formula is C23H35N3O2. The predicted molar refractivity (Wildman–Crippen MR) is 113 cm³/mol. The second kappa shape index (κ2) is 9.27. The highest BCUT2D eigenvalue weighted by Gasteiger charge is 2.32. The Bertz CT molecular complexity index is 644. The maximum absolute atomic E-state index is 12.4. The summed E-state index contributed by atoms with van der Waals surface area (Å²) in [7, 11) is 0. The smallest absolute Gasteiger partial charge is 0.227 e. The highest BCUT2D eigenvalue weighted by atomic mass is 16.5. The molecule has 4 rings (SSSR count). The van der Waals surface area contributed by atoms with Crippen LogP contribution in [0.2, 0.25) is 0 Å². The number of nitrogens with zero attached hydrogens (tertiary/aromatic N) is 2. The Balaban J connectivity index is 1.25. The number of hydrogen-bond acceptors (Lipinski definition) is 4. The summed E-state index contributed by atoms with van der Waals surface area (Å²) in [5.74, 6) is 1.14. The van der Waals surface area contributed by atoms with E-state index in [0.717, 1.165) is 50.0 Å². The largest absolute Gasteiger partial charge is 0.494 e. The second-order valence-corrected chi connectivity index (χ2v) is 8.72. The molecule has 1 N–H and O–H groups in total. The van der Waals surface area contributed by atoms with Gasteiger partial charge in [-0.1, -0.05) is 6.42 Å². The average Bonchev–Trinajstić information content (AvgIpc) is 3.24. The van der Waals surface area contributed by atoms with Gasteiger partial charge >= 0.3 is 0 Å². The number of anilines is 1. The molecule has 3 aliphatic rings. The molecule has 2 atom stereocenters. The molecule has 0 spiro atoms. The maximum atomic E-state index is 12.4. The van der Waals surface area contributed by atoms with E-state index in [1.807, 2.05) is 29.2 Å². The van der Waals surface area contributed by atoms with E-state index in [1.165, 1.54) is 38.6 Å². The van der Waals surface area contributed by atoms with Gasteiger partial charge in [0.2, 0.25) is 5.91 Å². The lowest BCUT2D eigenvalue weighted by molar-refractivity contribution is -0.117. The quantitative estimate of drug-likeness (QED) is 0.660. The molecule has 1 aromatic carbocycles. The normalized spacial score (nSPS) is 26.0. The van der Waals surface area contributed by atoms with Crippen LogP contribution >= 0.6 is 0 Å². The SMILES string of the molecule is CC1CCCN1CCCOc1ccc(N2C(=O)CC[C@H]2CNC2CCC2)cc1. The molecule has 28 heavy (non-hydrogen) atoms. The minimum Gasteiger partial charge on any atom is -0.494 e. The first-order chi connectivity index (χ1) is 13.7. The fourth-order valence-electron chi connectivity index (χ4n) is 4.69. The van der Waals surface area contributed by atoms with Gasteiger partial charge in [-0.05, 0) is 76.3 Å². The van der Waals surface area contributed by atoms with Gasteiger partial charge in [-0.15, -0.1) is 0 Å². The highest BCUT2D eigenvalue weighted by molar-refractivity contribution is 5.96. The van der Waals surface area contributed by atoms with Gasteiger partial charge in [0.1, 0.15) is 5.75 Å². The molecule has 0 aromatic heterocycles. The van der Waals surface area contributed by atoms with Crippen LogP contribution in [-0.2, 0) is 4.79 Å². The van der Waals surface area contributed by atoms with Crippen LogP contribution in [0.15, 0.2) is 24.3 Å². The molecule has 3 fully saturated rings. The van der Waals surface area contributed by atoms with Gasteiger partial charge in [-0.3, -0.25) is 4.79 Å². The summed E-state index contributed by atoms with van der Waals surface area (Å²) < 4.78 is 5.93. The van der Waals surface area contributed by atoms with Crippen molar-refractivity contribution in [3.8, 4) is 5.75 Å². The third-order valence-electron chi connectivity index (χ3n) is 6.74. The van der Waals surface area contributed by atoms with E-state index >= 15 is 0 Å². The molecule has 1 aliphatic carbocycles. The van der Waals surface area contributed by atoms with Gasteiger partial charge in [0.25, 0.3) is 0 Å². The first kappa shape index (κ1) is 19.7. The number of likely N-dealkylation sites (tertiary alicyclic amines) is 1. The minimum absolute atomic E-state index is 0.244. The number of amides is 1. The van der Waals surface area contributed by atoms with Crippen LogP contribution in [0.5, 0.6) is 5.75 Å². The van der Waals surface area contributed by atoms with E-state index in [9.17, 15) is 4.79 Å². The fourth-order valence-corrected chi connectivity index (χ4v) is 4.69. The van der Waals surface area contributed by atoms with Gasteiger partial charge in [0, 0.05) is 43.3 Å². The van der Waals surface area contributed by atoms with Crippen LogP contribution in [0.1, 0.15) is 58.3 Å².